The number of aliphatic hydroxyl groups is 1. The van der Waals surface area contributed by atoms with Crippen LogP contribution in [0.1, 0.15) is 30.9 Å². The van der Waals surface area contributed by atoms with Crippen LogP contribution in [-0.2, 0) is 6.54 Å². The van der Waals surface area contributed by atoms with Crippen LogP contribution in [-0.4, -0.2) is 28.2 Å². The first-order chi connectivity index (χ1) is 9.13. The molecule has 1 heterocycles. The molecule has 2 heteroatoms. The second kappa shape index (κ2) is 4.62. The second-order valence-electron chi connectivity index (χ2n) is 6.08. The highest BCUT2D eigenvalue weighted by Crippen LogP contribution is 2.39. The van der Waals surface area contributed by atoms with Gasteiger partial charge in [-0.05, 0) is 25.0 Å². The molecule has 19 heavy (non-hydrogen) atoms. The van der Waals surface area contributed by atoms with Crippen LogP contribution in [0.25, 0.3) is 0 Å². The van der Waals surface area contributed by atoms with Crippen LogP contribution in [0.3, 0.4) is 0 Å². The second-order valence-corrected chi connectivity index (χ2v) is 6.08. The third-order valence-electron chi connectivity index (χ3n) is 4.39. The largest absolute Gasteiger partial charge is 0.394 e. The van der Waals surface area contributed by atoms with Gasteiger partial charge in [-0.1, -0.05) is 48.6 Å². The summed E-state index contributed by atoms with van der Waals surface area (Å²) in [6.07, 6.45) is 8.80. The van der Waals surface area contributed by atoms with Gasteiger partial charge in [0.15, 0.2) is 0 Å². The SMILES string of the molecule is CC(C)(CO)N1Cc2ccccc2[C@@H]2C=CC=C[C@@H]21. The van der Waals surface area contributed by atoms with E-state index in [0.29, 0.717) is 12.0 Å². The molecule has 0 fully saturated rings. The van der Waals surface area contributed by atoms with E-state index in [1.54, 1.807) is 0 Å². The first-order valence-corrected chi connectivity index (χ1v) is 6.94. The summed E-state index contributed by atoms with van der Waals surface area (Å²) in [7, 11) is 0. The maximum Gasteiger partial charge on any atom is 0.0610 e. The van der Waals surface area contributed by atoms with E-state index in [1.165, 1.54) is 11.1 Å². The third-order valence-corrected chi connectivity index (χ3v) is 4.39. The number of hydrogen-bond acceptors (Lipinski definition) is 2. The Morgan fingerprint density at radius 3 is 2.74 bits per heavy atom. The summed E-state index contributed by atoms with van der Waals surface area (Å²) >= 11 is 0. The lowest BCUT2D eigenvalue weighted by atomic mass is 9.79. The van der Waals surface area contributed by atoms with Gasteiger partial charge in [0.05, 0.1) is 6.61 Å². The Morgan fingerprint density at radius 1 is 1.21 bits per heavy atom. The predicted octanol–water partition coefficient (Wildman–Crippen LogP) is 2.85. The van der Waals surface area contributed by atoms with Gasteiger partial charge in [-0.3, -0.25) is 4.90 Å². The molecule has 100 valence electrons. The van der Waals surface area contributed by atoms with Crippen molar-refractivity contribution in [3.63, 3.8) is 0 Å². The van der Waals surface area contributed by atoms with Crippen molar-refractivity contribution < 1.29 is 5.11 Å². The van der Waals surface area contributed by atoms with Gasteiger partial charge in [0.25, 0.3) is 0 Å². The van der Waals surface area contributed by atoms with Gasteiger partial charge in [0, 0.05) is 24.0 Å². The molecule has 2 aliphatic rings. The van der Waals surface area contributed by atoms with E-state index < -0.39 is 0 Å². The Morgan fingerprint density at radius 2 is 1.95 bits per heavy atom. The van der Waals surface area contributed by atoms with Crippen molar-refractivity contribution in [1.29, 1.82) is 0 Å². The van der Waals surface area contributed by atoms with Gasteiger partial charge in [0.2, 0.25) is 0 Å². The number of nitrogens with zero attached hydrogens (tertiary/aromatic N) is 1. The highest BCUT2D eigenvalue weighted by molar-refractivity contribution is 5.41. The smallest absolute Gasteiger partial charge is 0.0610 e. The number of fused-ring (bicyclic) bond motifs is 3. The molecule has 1 aliphatic heterocycles. The lowest BCUT2D eigenvalue weighted by molar-refractivity contribution is 0.0184. The zero-order chi connectivity index (χ0) is 13.5. The van der Waals surface area contributed by atoms with Crippen molar-refractivity contribution in [2.75, 3.05) is 6.61 Å². The van der Waals surface area contributed by atoms with Crippen molar-refractivity contribution in [2.24, 2.45) is 0 Å². The Bertz CT molecular complexity index is 530. The minimum Gasteiger partial charge on any atom is -0.394 e. The summed E-state index contributed by atoms with van der Waals surface area (Å²) in [5.74, 6) is 0.403. The predicted molar refractivity (Wildman–Crippen MR) is 78.0 cm³/mol. The quantitative estimate of drug-likeness (QED) is 0.878. The molecule has 1 aromatic carbocycles. The molecule has 0 saturated carbocycles. The maximum atomic E-state index is 9.70. The average Bonchev–Trinajstić information content (AvgIpc) is 2.46. The van der Waals surface area contributed by atoms with Gasteiger partial charge in [-0.15, -0.1) is 0 Å². The molecule has 2 atom stereocenters. The molecule has 1 aliphatic carbocycles. The van der Waals surface area contributed by atoms with Gasteiger partial charge in [-0.2, -0.15) is 0 Å². The summed E-state index contributed by atoms with van der Waals surface area (Å²) < 4.78 is 0. The Labute approximate surface area is 115 Å². The normalized spacial score (nSPS) is 26.1. The van der Waals surface area contributed by atoms with E-state index in [4.69, 9.17) is 0 Å². The Hall–Kier alpha value is -1.38. The summed E-state index contributed by atoms with van der Waals surface area (Å²) in [5, 5.41) is 9.70. The topological polar surface area (TPSA) is 23.5 Å². The fraction of sp³-hybridized carbons (Fsp3) is 0.412. The molecular weight excluding hydrogens is 234 g/mol. The van der Waals surface area contributed by atoms with E-state index >= 15 is 0 Å². The Kier molecular flexibility index (Phi) is 3.08. The maximum absolute atomic E-state index is 9.70. The highest BCUT2D eigenvalue weighted by atomic mass is 16.3. The summed E-state index contributed by atoms with van der Waals surface area (Å²) in [5.41, 5.74) is 2.61. The van der Waals surface area contributed by atoms with Crippen LogP contribution in [0.4, 0.5) is 0 Å². The van der Waals surface area contributed by atoms with E-state index in [-0.39, 0.29) is 12.1 Å². The molecule has 0 saturated heterocycles. The summed E-state index contributed by atoms with van der Waals surface area (Å²) in [6, 6.07) is 9.01. The zero-order valence-electron chi connectivity index (χ0n) is 11.6. The van der Waals surface area contributed by atoms with E-state index in [9.17, 15) is 5.11 Å². The number of aliphatic hydroxyl groups excluding tert-OH is 1. The van der Waals surface area contributed by atoms with Crippen LogP contribution >= 0.6 is 0 Å². The molecule has 0 unspecified atom stereocenters. The first kappa shape index (κ1) is 12.6. The van der Waals surface area contributed by atoms with Crippen molar-refractivity contribution >= 4 is 0 Å². The fourth-order valence-corrected chi connectivity index (χ4v) is 3.18. The molecular formula is C17H21NO. The van der Waals surface area contributed by atoms with Gasteiger partial charge >= 0.3 is 0 Å². The van der Waals surface area contributed by atoms with Crippen molar-refractivity contribution in [2.45, 2.75) is 37.9 Å². The van der Waals surface area contributed by atoms with Crippen LogP contribution in [0.15, 0.2) is 48.6 Å². The molecule has 1 aromatic rings. The van der Waals surface area contributed by atoms with Gasteiger partial charge < -0.3 is 5.11 Å². The van der Waals surface area contributed by atoms with Crippen LogP contribution < -0.4 is 0 Å². The molecule has 0 spiro atoms. The van der Waals surface area contributed by atoms with Crippen LogP contribution in [0, 0.1) is 0 Å². The van der Waals surface area contributed by atoms with Crippen molar-refractivity contribution in [3.8, 4) is 0 Å². The highest BCUT2D eigenvalue weighted by Gasteiger charge is 2.39. The molecule has 0 bridgehead atoms. The number of benzene rings is 1. The minimum atomic E-state index is -0.202. The lowest BCUT2D eigenvalue weighted by Gasteiger charge is -2.48. The van der Waals surface area contributed by atoms with E-state index in [2.05, 4.69) is 67.3 Å². The van der Waals surface area contributed by atoms with Crippen LogP contribution in [0.5, 0.6) is 0 Å². The van der Waals surface area contributed by atoms with E-state index in [0.717, 1.165) is 6.54 Å². The van der Waals surface area contributed by atoms with Crippen molar-refractivity contribution in [3.05, 3.63) is 59.7 Å². The molecule has 3 rings (SSSR count). The lowest BCUT2D eigenvalue weighted by Crippen LogP contribution is -2.55. The fourth-order valence-electron chi connectivity index (χ4n) is 3.18. The minimum absolute atomic E-state index is 0.177. The molecule has 2 nitrogen and oxygen atoms in total. The average molecular weight is 255 g/mol. The van der Waals surface area contributed by atoms with Crippen LogP contribution in [0.2, 0.25) is 0 Å². The first-order valence-electron chi connectivity index (χ1n) is 6.94. The molecule has 1 N–H and O–H groups in total. The summed E-state index contributed by atoms with van der Waals surface area (Å²) in [4.78, 5) is 2.42. The number of allylic oxidation sites excluding steroid dienone is 2. The summed E-state index contributed by atoms with van der Waals surface area (Å²) in [6.45, 7) is 5.31. The third kappa shape index (κ3) is 2.05. The molecule has 0 amide bonds. The van der Waals surface area contributed by atoms with Gasteiger partial charge in [-0.25, -0.2) is 0 Å². The van der Waals surface area contributed by atoms with E-state index in [1.807, 2.05) is 0 Å². The molecule has 0 aromatic heterocycles. The standard InChI is InChI=1S/C17H21NO/c1-17(2,12-19)18-11-13-7-3-4-8-14(13)15-9-5-6-10-16(15)18/h3-10,15-16,19H,11-12H2,1-2H3/t15-,16-/m0/s1. The number of hydrogen-bond donors (Lipinski definition) is 1. The number of rotatable bonds is 2. The monoisotopic (exact) mass is 255 g/mol. The molecule has 0 radical (unpaired) electrons. The van der Waals surface area contributed by atoms with Crippen molar-refractivity contribution in [1.82, 2.24) is 4.90 Å². The Balaban J connectivity index is 2.07. The van der Waals surface area contributed by atoms with Gasteiger partial charge in [0.1, 0.15) is 0 Å². The zero-order valence-corrected chi connectivity index (χ0v) is 11.6.